The standard InChI is InChI=1S/C25H40N4O2/c1-3-14-28(15-5-6-16-29-17-13-26-12-11-25(29)31)23-10-8-20-7-9-22(18-21(20)19-23)27-24(30)4-2/h7,9,18,23,26H,3-6,8,10-17,19H2,1-2H3,(H,27,30). The quantitative estimate of drug-likeness (QED) is 0.562. The Morgan fingerprint density at radius 1 is 1.16 bits per heavy atom. The van der Waals surface area contributed by atoms with E-state index in [2.05, 4.69) is 34.6 Å². The molecule has 1 aromatic rings. The lowest BCUT2D eigenvalue weighted by Gasteiger charge is -2.35. The van der Waals surface area contributed by atoms with E-state index in [0.717, 1.165) is 77.1 Å². The Kier molecular flexibility index (Phi) is 9.34. The molecule has 1 saturated heterocycles. The zero-order chi connectivity index (χ0) is 22.1. The first kappa shape index (κ1) is 23.7. The number of rotatable bonds is 10. The molecule has 0 spiro atoms. The highest BCUT2D eigenvalue weighted by atomic mass is 16.2. The summed E-state index contributed by atoms with van der Waals surface area (Å²) in [5, 5.41) is 6.31. The highest BCUT2D eigenvalue weighted by Crippen LogP contribution is 2.27. The molecule has 0 aromatic heterocycles. The van der Waals surface area contributed by atoms with E-state index >= 15 is 0 Å². The van der Waals surface area contributed by atoms with E-state index in [1.54, 1.807) is 0 Å². The Morgan fingerprint density at radius 2 is 2.03 bits per heavy atom. The largest absolute Gasteiger partial charge is 0.341 e. The van der Waals surface area contributed by atoms with Gasteiger partial charge in [-0.2, -0.15) is 0 Å². The van der Waals surface area contributed by atoms with E-state index < -0.39 is 0 Å². The third-order valence-electron chi connectivity index (χ3n) is 6.59. The molecular weight excluding hydrogens is 388 g/mol. The molecule has 1 heterocycles. The van der Waals surface area contributed by atoms with Crippen molar-refractivity contribution < 1.29 is 9.59 Å². The van der Waals surface area contributed by atoms with Crippen molar-refractivity contribution in [2.45, 2.75) is 71.3 Å². The maximum absolute atomic E-state index is 12.2. The van der Waals surface area contributed by atoms with Crippen molar-refractivity contribution in [3.05, 3.63) is 29.3 Å². The number of hydrogen-bond donors (Lipinski definition) is 2. The molecule has 0 bridgehead atoms. The van der Waals surface area contributed by atoms with E-state index in [-0.39, 0.29) is 5.91 Å². The Bertz CT molecular complexity index is 736. The molecular formula is C25H40N4O2. The number of fused-ring (bicyclic) bond motifs is 1. The average Bonchev–Trinajstić information content (AvgIpc) is 2.99. The van der Waals surface area contributed by atoms with Crippen LogP contribution in [0.4, 0.5) is 5.69 Å². The van der Waals surface area contributed by atoms with Crippen LogP contribution >= 0.6 is 0 Å². The van der Waals surface area contributed by atoms with Gasteiger partial charge in [-0.3, -0.25) is 9.59 Å². The van der Waals surface area contributed by atoms with Crippen LogP contribution < -0.4 is 10.6 Å². The SMILES string of the molecule is CCCN(CCCCN1CCNCCC1=O)C1CCc2ccc(NC(=O)CC)cc2C1. The summed E-state index contributed by atoms with van der Waals surface area (Å²) in [5.41, 5.74) is 3.73. The van der Waals surface area contributed by atoms with Crippen LogP contribution in [0.5, 0.6) is 0 Å². The summed E-state index contributed by atoms with van der Waals surface area (Å²) in [6.45, 7) is 9.81. The molecule has 1 aliphatic carbocycles. The minimum absolute atomic E-state index is 0.0681. The lowest BCUT2D eigenvalue weighted by molar-refractivity contribution is -0.130. The van der Waals surface area contributed by atoms with Crippen LogP contribution in [-0.2, 0) is 22.4 Å². The van der Waals surface area contributed by atoms with E-state index in [1.807, 2.05) is 17.9 Å². The summed E-state index contributed by atoms with van der Waals surface area (Å²) in [6.07, 6.45) is 7.86. The summed E-state index contributed by atoms with van der Waals surface area (Å²) in [4.78, 5) is 28.6. The van der Waals surface area contributed by atoms with Gasteiger partial charge >= 0.3 is 0 Å². The smallest absolute Gasteiger partial charge is 0.224 e. The van der Waals surface area contributed by atoms with Gasteiger partial charge in [0.25, 0.3) is 0 Å². The summed E-state index contributed by atoms with van der Waals surface area (Å²) in [5.74, 6) is 0.365. The van der Waals surface area contributed by atoms with Crippen molar-refractivity contribution in [1.82, 2.24) is 15.1 Å². The van der Waals surface area contributed by atoms with Gasteiger partial charge in [0, 0.05) is 50.7 Å². The number of nitrogens with one attached hydrogen (secondary N) is 2. The number of anilines is 1. The van der Waals surface area contributed by atoms with E-state index in [4.69, 9.17) is 0 Å². The molecule has 31 heavy (non-hydrogen) atoms. The number of hydrogen-bond acceptors (Lipinski definition) is 4. The molecule has 6 heteroatoms. The minimum atomic E-state index is 0.0681. The predicted molar refractivity (Wildman–Crippen MR) is 126 cm³/mol. The van der Waals surface area contributed by atoms with Crippen LogP contribution in [0.15, 0.2) is 18.2 Å². The fraction of sp³-hybridized carbons (Fsp3) is 0.680. The number of unbranched alkanes of at least 4 members (excludes halogenated alkanes) is 1. The molecule has 1 atom stereocenters. The number of benzene rings is 1. The summed E-state index contributed by atoms with van der Waals surface area (Å²) < 4.78 is 0. The Hall–Kier alpha value is -1.92. The Morgan fingerprint density at radius 3 is 2.84 bits per heavy atom. The van der Waals surface area contributed by atoms with Crippen LogP contribution in [0.25, 0.3) is 0 Å². The van der Waals surface area contributed by atoms with Gasteiger partial charge in [0.05, 0.1) is 0 Å². The van der Waals surface area contributed by atoms with Crippen LogP contribution in [0.2, 0.25) is 0 Å². The molecule has 0 saturated carbocycles. The van der Waals surface area contributed by atoms with E-state index in [9.17, 15) is 9.59 Å². The summed E-state index contributed by atoms with van der Waals surface area (Å²) in [7, 11) is 0. The highest BCUT2D eigenvalue weighted by Gasteiger charge is 2.24. The number of carbonyl (C=O) groups is 2. The fourth-order valence-electron chi connectivity index (χ4n) is 4.81. The van der Waals surface area contributed by atoms with E-state index in [0.29, 0.717) is 24.8 Å². The monoisotopic (exact) mass is 428 g/mol. The van der Waals surface area contributed by atoms with Gasteiger partial charge in [0.2, 0.25) is 11.8 Å². The predicted octanol–water partition coefficient (Wildman–Crippen LogP) is 3.21. The number of aryl methyl sites for hydroxylation is 1. The van der Waals surface area contributed by atoms with E-state index in [1.165, 1.54) is 17.5 Å². The molecule has 1 aliphatic heterocycles. The zero-order valence-electron chi connectivity index (χ0n) is 19.4. The van der Waals surface area contributed by atoms with Gasteiger partial charge in [-0.15, -0.1) is 0 Å². The van der Waals surface area contributed by atoms with Crippen LogP contribution in [-0.4, -0.2) is 66.9 Å². The van der Waals surface area contributed by atoms with Crippen molar-refractivity contribution >= 4 is 17.5 Å². The summed E-state index contributed by atoms with van der Waals surface area (Å²) >= 11 is 0. The van der Waals surface area contributed by atoms with Gasteiger partial charge in [-0.1, -0.05) is 19.9 Å². The topological polar surface area (TPSA) is 64.7 Å². The Balaban J connectivity index is 1.52. The molecule has 1 aromatic carbocycles. The number of nitrogens with zero attached hydrogens (tertiary/aromatic N) is 2. The van der Waals surface area contributed by atoms with Crippen molar-refractivity contribution in [2.24, 2.45) is 0 Å². The van der Waals surface area contributed by atoms with Crippen molar-refractivity contribution in [1.29, 1.82) is 0 Å². The van der Waals surface area contributed by atoms with Gasteiger partial charge < -0.3 is 20.4 Å². The first-order valence-corrected chi connectivity index (χ1v) is 12.2. The van der Waals surface area contributed by atoms with Gasteiger partial charge in [-0.25, -0.2) is 0 Å². The minimum Gasteiger partial charge on any atom is -0.341 e. The molecule has 1 unspecified atom stereocenters. The average molecular weight is 429 g/mol. The van der Waals surface area contributed by atoms with Crippen LogP contribution in [0, 0.1) is 0 Å². The molecule has 0 radical (unpaired) electrons. The van der Waals surface area contributed by atoms with Crippen molar-refractivity contribution in [3.63, 3.8) is 0 Å². The third-order valence-corrected chi connectivity index (χ3v) is 6.59. The Labute approximate surface area is 187 Å². The molecule has 2 amide bonds. The second-order valence-electron chi connectivity index (χ2n) is 8.91. The second kappa shape index (κ2) is 12.2. The first-order valence-electron chi connectivity index (χ1n) is 12.2. The second-order valence-corrected chi connectivity index (χ2v) is 8.91. The number of carbonyl (C=O) groups excluding carboxylic acids is 2. The fourth-order valence-corrected chi connectivity index (χ4v) is 4.81. The van der Waals surface area contributed by atoms with Crippen molar-refractivity contribution in [2.75, 3.05) is 44.6 Å². The zero-order valence-corrected chi connectivity index (χ0v) is 19.4. The third kappa shape index (κ3) is 7.04. The molecule has 2 aliphatic rings. The molecule has 6 nitrogen and oxygen atoms in total. The lowest BCUT2D eigenvalue weighted by Crippen LogP contribution is -2.41. The van der Waals surface area contributed by atoms with Gasteiger partial charge in [-0.05, 0) is 74.9 Å². The van der Waals surface area contributed by atoms with Crippen LogP contribution in [0.1, 0.15) is 63.5 Å². The van der Waals surface area contributed by atoms with Gasteiger partial charge in [0.1, 0.15) is 0 Å². The number of amides is 2. The maximum atomic E-state index is 12.2. The molecule has 3 rings (SSSR count). The van der Waals surface area contributed by atoms with Crippen molar-refractivity contribution in [3.8, 4) is 0 Å². The first-order chi connectivity index (χ1) is 15.1. The maximum Gasteiger partial charge on any atom is 0.224 e. The normalized spacial score (nSPS) is 19.3. The molecule has 1 fully saturated rings. The molecule has 172 valence electrons. The summed E-state index contributed by atoms with van der Waals surface area (Å²) in [6, 6.07) is 6.97. The van der Waals surface area contributed by atoms with Gasteiger partial charge in [0.15, 0.2) is 0 Å². The van der Waals surface area contributed by atoms with Crippen LogP contribution in [0.3, 0.4) is 0 Å². The highest BCUT2D eigenvalue weighted by molar-refractivity contribution is 5.90. The lowest BCUT2D eigenvalue weighted by atomic mass is 9.87. The molecule has 2 N–H and O–H groups in total.